The maximum Gasteiger partial charge on any atom is 0.0572 e. The molecule has 0 aliphatic carbocycles. The molecule has 0 bridgehead atoms. The lowest BCUT2D eigenvalue weighted by Crippen LogP contribution is -2.37. The smallest absolute Gasteiger partial charge is 0.0572 e. The van der Waals surface area contributed by atoms with Gasteiger partial charge in [-0.05, 0) is 32.4 Å². The van der Waals surface area contributed by atoms with Crippen LogP contribution in [0.2, 0.25) is 0 Å². The van der Waals surface area contributed by atoms with Crippen molar-refractivity contribution in [3.05, 3.63) is 0 Å². The highest BCUT2D eigenvalue weighted by atomic mass is 15.1. The van der Waals surface area contributed by atoms with Crippen molar-refractivity contribution in [3.8, 4) is 0 Å². The summed E-state index contributed by atoms with van der Waals surface area (Å²) in [5, 5.41) is 6.97. The highest BCUT2D eigenvalue weighted by Crippen LogP contribution is 2.02. The van der Waals surface area contributed by atoms with E-state index in [0.717, 1.165) is 0 Å². The molecule has 2 heteroatoms. The minimum absolute atomic E-state index is 0.617. The first-order valence-corrected chi connectivity index (χ1v) is 5.40. The molecule has 12 heavy (non-hydrogen) atoms. The molecule has 1 unspecified atom stereocenters. The highest BCUT2D eigenvalue weighted by molar-refractivity contribution is 4.71. The summed E-state index contributed by atoms with van der Waals surface area (Å²) >= 11 is 0. The molecular weight excluding hydrogens is 148 g/mol. The molecular formula is C10H22N2. The van der Waals surface area contributed by atoms with Crippen LogP contribution >= 0.6 is 0 Å². The van der Waals surface area contributed by atoms with Crippen molar-refractivity contribution in [2.45, 2.75) is 51.6 Å². The van der Waals surface area contributed by atoms with Crippen LogP contribution in [0.15, 0.2) is 0 Å². The zero-order chi connectivity index (χ0) is 8.65. The fraction of sp³-hybridized carbons (Fsp3) is 1.00. The number of hydrogen-bond acceptors (Lipinski definition) is 2. The molecule has 72 valence electrons. The molecule has 1 aliphatic rings. The van der Waals surface area contributed by atoms with Crippen molar-refractivity contribution in [2.24, 2.45) is 0 Å². The van der Waals surface area contributed by atoms with E-state index in [-0.39, 0.29) is 0 Å². The van der Waals surface area contributed by atoms with E-state index in [1.807, 2.05) is 0 Å². The molecule has 1 rings (SSSR count). The summed E-state index contributed by atoms with van der Waals surface area (Å²) in [7, 11) is 0. The van der Waals surface area contributed by atoms with E-state index in [4.69, 9.17) is 0 Å². The van der Waals surface area contributed by atoms with Crippen LogP contribution in [0.4, 0.5) is 0 Å². The van der Waals surface area contributed by atoms with Gasteiger partial charge < -0.3 is 10.6 Å². The molecule has 2 nitrogen and oxygen atoms in total. The average Bonchev–Trinajstić information content (AvgIpc) is 2.57. The molecule has 0 amide bonds. The summed E-state index contributed by atoms with van der Waals surface area (Å²) < 4.78 is 0. The zero-order valence-corrected chi connectivity index (χ0v) is 8.23. The van der Waals surface area contributed by atoms with Crippen LogP contribution in [0.25, 0.3) is 0 Å². The first-order chi connectivity index (χ1) is 5.93. The number of unbranched alkanes of at least 4 members (excludes halogenated alkanes) is 3. The van der Waals surface area contributed by atoms with Crippen LogP contribution in [-0.2, 0) is 0 Å². The van der Waals surface area contributed by atoms with E-state index < -0.39 is 0 Å². The summed E-state index contributed by atoms with van der Waals surface area (Å²) in [5.41, 5.74) is 0. The van der Waals surface area contributed by atoms with Crippen LogP contribution < -0.4 is 10.6 Å². The summed E-state index contributed by atoms with van der Waals surface area (Å²) in [4.78, 5) is 0. The van der Waals surface area contributed by atoms with Gasteiger partial charge in [0.2, 0.25) is 0 Å². The number of rotatable bonds is 6. The van der Waals surface area contributed by atoms with E-state index in [9.17, 15) is 0 Å². The van der Waals surface area contributed by atoms with E-state index >= 15 is 0 Å². The summed E-state index contributed by atoms with van der Waals surface area (Å²) in [6.07, 6.45) is 8.72. The Kier molecular flexibility index (Phi) is 5.37. The summed E-state index contributed by atoms with van der Waals surface area (Å²) in [5.74, 6) is 0. The molecule has 1 aliphatic heterocycles. The Labute approximate surface area is 76.1 Å². The number of nitrogens with one attached hydrogen (secondary N) is 2. The second-order valence-corrected chi connectivity index (χ2v) is 3.66. The van der Waals surface area contributed by atoms with Gasteiger partial charge in [0.1, 0.15) is 0 Å². The average molecular weight is 170 g/mol. The van der Waals surface area contributed by atoms with Gasteiger partial charge in [-0.25, -0.2) is 0 Å². The molecule has 1 atom stereocenters. The molecule has 0 aromatic heterocycles. The molecule has 0 aromatic carbocycles. The predicted molar refractivity (Wildman–Crippen MR) is 53.2 cm³/mol. The third-order valence-electron chi connectivity index (χ3n) is 2.48. The van der Waals surface area contributed by atoms with Crippen molar-refractivity contribution < 1.29 is 0 Å². The Hall–Kier alpha value is -0.0800. The van der Waals surface area contributed by atoms with E-state index in [0.29, 0.717) is 6.17 Å². The maximum atomic E-state index is 3.53. The quantitative estimate of drug-likeness (QED) is 0.595. The van der Waals surface area contributed by atoms with Crippen LogP contribution in [0.3, 0.4) is 0 Å². The monoisotopic (exact) mass is 170 g/mol. The molecule has 1 heterocycles. The molecule has 2 N–H and O–H groups in total. The van der Waals surface area contributed by atoms with Gasteiger partial charge in [0.05, 0.1) is 6.17 Å². The van der Waals surface area contributed by atoms with Crippen molar-refractivity contribution in [3.63, 3.8) is 0 Å². The highest BCUT2D eigenvalue weighted by Gasteiger charge is 2.11. The van der Waals surface area contributed by atoms with E-state index in [1.165, 1.54) is 51.6 Å². The second kappa shape index (κ2) is 6.44. The molecule has 1 fully saturated rings. The lowest BCUT2D eigenvalue weighted by atomic mass is 10.2. The minimum Gasteiger partial charge on any atom is -0.302 e. The Balaban J connectivity index is 1.81. The Morgan fingerprint density at radius 3 is 2.92 bits per heavy atom. The Morgan fingerprint density at radius 1 is 1.33 bits per heavy atom. The Morgan fingerprint density at radius 2 is 2.25 bits per heavy atom. The van der Waals surface area contributed by atoms with Gasteiger partial charge in [-0.1, -0.05) is 26.2 Å². The first-order valence-electron chi connectivity index (χ1n) is 5.40. The van der Waals surface area contributed by atoms with Crippen molar-refractivity contribution in [1.29, 1.82) is 0 Å². The van der Waals surface area contributed by atoms with Crippen molar-refractivity contribution in [1.82, 2.24) is 10.6 Å². The standard InChI is InChI=1S/C10H22N2/c1-2-3-4-5-8-11-10-7-6-9-12-10/h10-12H,2-9H2,1H3. The van der Waals surface area contributed by atoms with Gasteiger partial charge in [0, 0.05) is 0 Å². The third kappa shape index (κ3) is 4.07. The Bertz CT molecular complexity index is 98.0. The van der Waals surface area contributed by atoms with Gasteiger partial charge in [-0.2, -0.15) is 0 Å². The van der Waals surface area contributed by atoms with Gasteiger partial charge in [0.25, 0.3) is 0 Å². The molecule has 1 saturated heterocycles. The topological polar surface area (TPSA) is 24.1 Å². The van der Waals surface area contributed by atoms with Crippen LogP contribution in [0.1, 0.15) is 45.4 Å². The normalized spacial score (nSPS) is 23.2. The predicted octanol–water partition coefficient (Wildman–Crippen LogP) is 1.87. The number of hydrogen-bond donors (Lipinski definition) is 2. The van der Waals surface area contributed by atoms with Gasteiger partial charge in [-0.3, -0.25) is 0 Å². The molecule has 0 aromatic rings. The molecule has 0 saturated carbocycles. The maximum absolute atomic E-state index is 3.53. The van der Waals surface area contributed by atoms with Gasteiger partial charge in [-0.15, -0.1) is 0 Å². The molecule has 0 radical (unpaired) electrons. The van der Waals surface area contributed by atoms with Gasteiger partial charge in [0.15, 0.2) is 0 Å². The first kappa shape index (κ1) is 10.0. The summed E-state index contributed by atoms with van der Waals surface area (Å²) in [6.45, 7) is 4.65. The fourth-order valence-corrected chi connectivity index (χ4v) is 1.69. The lowest BCUT2D eigenvalue weighted by molar-refractivity contribution is 0.468. The van der Waals surface area contributed by atoms with E-state index in [2.05, 4.69) is 17.6 Å². The van der Waals surface area contributed by atoms with Crippen LogP contribution in [0, 0.1) is 0 Å². The van der Waals surface area contributed by atoms with Crippen LogP contribution in [0.5, 0.6) is 0 Å². The van der Waals surface area contributed by atoms with Crippen molar-refractivity contribution in [2.75, 3.05) is 13.1 Å². The molecule has 0 spiro atoms. The van der Waals surface area contributed by atoms with Gasteiger partial charge >= 0.3 is 0 Å². The van der Waals surface area contributed by atoms with Crippen molar-refractivity contribution >= 4 is 0 Å². The third-order valence-corrected chi connectivity index (χ3v) is 2.48. The summed E-state index contributed by atoms with van der Waals surface area (Å²) in [6, 6.07) is 0. The second-order valence-electron chi connectivity index (χ2n) is 3.66. The fourth-order valence-electron chi connectivity index (χ4n) is 1.69. The lowest BCUT2D eigenvalue weighted by Gasteiger charge is -2.11. The van der Waals surface area contributed by atoms with Crippen LogP contribution in [-0.4, -0.2) is 19.3 Å². The van der Waals surface area contributed by atoms with E-state index in [1.54, 1.807) is 0 Å². The zero-order valence-electron chi connectivity index (χ0n) is 8.23. The SMILES string of the molecule is CCCCCCNC1CCCN1. The largest absolute Gasteiger partial charge is 0.302 e. The minimum atomic E-state index is 0.617.